The lowest BCUT2D eigenvalue weighted by molar-refractivity contribution is 0.226. The highest BCUT2D eigenvalue weighted by Crippen LogP contribution is 2.34. The minimum atomic E-state index is 0.336. The Labute approximate surface area is 83.3 Å². The zero-order valence-electron chi connectivity index (χ0n) is 7.71. The fraction of sp³-hybridized carbons (Fsp3) is 0.778. The highest BCUT2D eigenvalue weighted by atomic mass is 32.2. The summed E-state index contributed by atoms with van der Waals surface area (Å²) in [4.78, 5) is 0. The first-order valence-corrected chi connectivity index (χ1v) is 6.35. The standard InChI is InChI=1S/C9H16OS2/c1-3-4-10-7-9(2)8-11-5-6-12-9/h3-4H,5-8H2,1-2H3/b4-3+. The molecule has 0 aromatic heterocycles. The van der Waals surface area contributed by atoms with Crippen LogP contribution in [-0.2, 0) is 4.74 Å². The second-order valence-electron chi connectivity index (χ2n) is 3.13. The fourth-order valence-electron chi connectivity index (χ4n) is 1.08. The Kier molecular flexibility index (Phi) is 4.36. The van der Waals surface area contributed by atoms with Gasteiger partial charge in [0, 0.05) is 17.3 Å². The zero-order valence-corrected chi connectivity index (χ0v) is 9.34. The molecule has 1 nitrogen and oxygen atoms in total. The number of hydrogen-bond donors (Lipinski definition) is 0. The number of allylic oxidation sites excluding steroid dienone is 1. The Morgan fingerprint density at radius 1 is 1.50 bits per heavy atom. The first-order valence-electron chi connectivity index (χ1n) is 4.21. The maximum absolute atomic E-state index is 5.41. The van der Waals surface area contributed by atoms with E-state index in [0.29, 0.717) is 4.75 Å². The monoisotopic (exact) mass is 204 g/mol. The second kappa shape index (κ2) is 5.07. The molecule has 1 saturated heterocycles. The van der Waals surface area contributed by atoms with Crippen molar-refractivity contribution < 1.29 is 4.74 Å². The SMILES string of the molecule is C/C=C/OCC1(C)CSCCS1. The van der Waals surface area contributed by atoms with Gasteiger partial charge < -0.3 is 4.74 Å². The molecule has 12 heavy (non-hydrogen) atoms. The summed E-state index contributed by atoms with van der Waals surface area (Å²) in [6.45, 7) is 5.10. The van der Waals surface area contributed by atoms with E-state index in [0.717, 1.165) is 6.61 Å². The van der Waals surface area contributed by atoms with Gasteiger partial charge in [-0.25, -0.2) is 0 Å². The van der Waals surface area contributed by atoms with Gasteiger partial charge in [-0.05, 0) is 13.8 Å². The summed E-state index contributed by atoms with van der Waals surface area (Å²) in [5, 5.41) is 0. The van der Waals surface area contributed by atoms with Crippen LogP contribution in [0.15, 0.2) is 12.3 Å². The first kappa shape index (κ1) is 10.3. The van der Waals surface area contributed by atoms with Crippen LogP contribution in [0.3, 0.4) is 0 Å². The van der Waals surface area contributed by atoms with E-state index >= 15 is 0 Å². The molecule has 0 bridgehead atoms. The molecule has 1 aliphatic rings. The van der Waals surface area contributed by atoms with Crippen molar-refractivity contribution in [1.29, 1.82) is 0 Å². The average molecular weight is 204 g/mol. The highest BCUT2D eigenvalue weighted by Gasteiger charge is 2.28. The lowest BCUT2D eigenvalue weighted by Crippen LogP contribution is -2.33. The van der Waals surface area contributed by atoms with Gasteiger partial charge in [0.15, 0.2) is 0 Å². The molecule has 1 atom stereocenters. The van der Waals surface area contributed by atoms with E-state index in [1.54, 1.807) is 6.26 Å². The number of thioether (sulfide) groups is 2. The molecule has 0 aromatic rings. The van der Waals surface area contributed by atoms with Crippen molar-refractivity contribution in [2.45, 2.75) is 18.6 Å². The topological polar surface area (TPSA) is 9.23 Å². The van der Waals surface area contributed by atoms with Crippen LogP contribution in [0.4, 0.5) is 0 Å². The summed E-state index contributed by atoms with van der Waals surface area (Å²) in [6.07, 6.45) is 3.72. The lowest BCUT2D eigenvalue weighted by atomic mass is 10.2. The summed E-state index contributed by atoms with van der Waals surface area (Å²) in [5.41, 5.74) is 0. The maximum Gasteiger partial charge on any atom is 0.102 e. The van der Waals surface area contributed by atoms with Crippen LogP contribution in [0.2, 0.25) is 0 Å². The number of ether oxygens (including phenoxy) is 1. The summed E-state index contributed by atoms with van der Waals surface area (Å²) in [5.74, 6) is 3.78. The summed E-state index contributed by atoms with van der Waals surface area (Å²) in [7, 11) is 0. The molecule has 1 aliphatic heterocycles. The van der Waals surface area contributed by atoms with Crippen molar-refractivity contribution in [3.05, 3.63) is 12.3 Å². The predicted molar refractivity (Wildman–Crippen MR) is 59.0 cm³/mol. The first-order chi connectivity index (χ1) is 5.77. The largest absolute Gasteiger partial charge is 0.500 e. The molecule has 0 N–H and O–H groups in total. The van der Waals surface area contributed by atoms with Gasteiger partial charge in [-0.3, -0.25) is 0 Å². The van der Waals surface area contributed by atoms with Gasteiger partial charge in [-0.2, -0.15) is 23.5 Å². The molecular formula is C9H16OS2. The molecule has 0 aliphatic carbocycles. The molecule has 3 heteroatoms. The van der Waals surface area contributed by atoms with Gasteiger partial charge in [0.2, 0.25) is 0 Å². The van der Waals surface area contributed by atoms with Crippen LogP contribution in [0.1, 0.15) is 13.8 Å². The predicted octanol–water partition coefficient (Wildman–Crippen LogP) is 2.78. The summed E-state index contributed by atoms with van der Waals surface area (Å²) >= 11 is 4.07. The molecule has 0 amide bonds. The van der Waals surface area contributed by atoms with Gasteiger partial charge >= 0.3 is 0 Å². The van der Waals surface area contributed by atoms with Crippen molar-refractivity contribution in [3.8, 4) is 0 Å². The molecule has 1 rings (SSSR count). The van der Waals surface area contributed by atoms with Gasteiger partial charge in [0.05, 0.1) is 11.0 Å². The van der Waals surface area contributed by atoms with Crippen molar-refractivity contribution in [2.75, 3.05) is 23.9 Å². The van der Waals surface area contributed by atoms with E-state index in [4.69, 9.17) is 4.74 Å². The van der Waals surface area contributed by atoms with Gasteiger partial charge in [0.1, 0.15) is 6.61 Å². The smallest absolute Gasteiger partial charge is 0.102 e. The van der Waals surface area contributed by atoms with E-state index in [1.807, 2.05) is 36.5 Å². The van der Waals surface area contributed by atoms with E-state index in [9.17, 15) is 0 Å². The Hall–Kier alpha value is 0.240. The molecule has 70 valence electrons. The van der Waals surface area contributed by atoms with Crippen molar-refractivity contribution >= 4 is 23.5 Å². The van der Waals surface area contributed by atoms with E-state index in [2.05, 4.69) is 6.92 Å². The molecule has 1 heterocycles. The van der Waals surface area contributed by atoms with Crippen LogP contribution in [0.5, 0.6) is 0 Å². The van der Waals surface area contributed by atoms with Crippen LogP contribution in [0.25, 0.3) is 0 Å². The van der Waals surface area contributed by atoms with Crippen molar-refractivity contribution in [2.24, 2.45) is 0 Å². The Morgan fingerprint density at radius 3 is 2.92 bits per heavy atom. The van der Waals surface area contributed by atoms with Crippen molar-refractivity contribution in [3.63, 3.8) is 0 Å². The normalized spacial score (nSPS) is 30.8. The minimum absolute atomic E-state index is 0.336. The highest BCUT2D eigenvalue weighted by molar-refractivity contribution is 8.07. The van der Waals surface area contributed by atoms with Crippen LogP contribution >= 0.6 is 23.5 Å². The third-order valence-corrected chi connectivity index (χ3v) is 4.85. The molecular weight excluding hydrogens is 188 g/mol. The van der Waals surface area contributed by atoms with E-state index in [-0.39, 0.29) is 0 Å². The van der Waals surface area contributed by atoms with Gasteiger partial charge in [-0.1, -0.05) is 6.08 Å². The quantitative estimate of drug-likeness (QED) is 0.654. The minimum Gasteiger partial charge on any atom is -0.500 e. The van der Waals surface area contributed by atoms with Crippen LogP contribution in [-0.4, -0.2) is 28.6 Å². The molecule has 0 spiro atoms. The molecule has 0 aromatic carbocycles. The van der Waals surface area contributed by atoms with Gasteiger partial charge in [-0.15, -0.1) is 0 Å². The number of hydrogen-bond acceptors (Lipinski definition) is 3. The maximum atomic E-state index is 5.41. The van der Waals surface area contributed by atoms with Crippen LogP contribution < -0.4 is 0 Å². The summed E-state index contributed by atoms with van der Waals surface area (Å²) < 4.78 is 5.75. The van der Waals surface area contributed by atoms with E-state index < -0.39 is 0 Å². The number of rotatable bonds is 3. The van der Waals surface area contributed by atoms with Crippen LogP contribution in [0, 0.1) is 0 Å². The molecule has 0 radical (unpaired) electrons. The van der Waals surface area contributed by atoms with E-state index in [1.165, 1.54) is 17.3 Å². The fourth-order valence-corrected chi connectivity index (χ4v) is 3.77. The third kappa shape index (κ3) is 3.31. The molecule has 1 fully saturated rings. The third-order valence-electron chi connectivity index (χ3n) is 1.71. The summed E-state index contributed by atoms with van der Waals surface area (Å²) in [6, 6.07) is 0. The molecule has 1 unspecified atom stereocenters. The average Bonchev–Trinajstić information content (AvgIpc) is 2.06. The van der Waals surface area contributed by atoms with Gasteiger partial charge in [0.25, 0.3) is 0 Å². The lowest BCUT2D eigenvalue weighted by Gasteiger charge is -2.31. The zero-order chi connectivity index (χ0) is 8.86. The second-order valence-corrected chi connectivity index (χ2v) is 5.92. The Morgan fingerprint density at radius 2 is 2.33 bits per heavy atom. The van der Waals surface area contributed by atoms with Crippen molar-refractivity contribution in [1.82, 2.24) is 0 Å². The Balaban J connectivity index is 2.26. The molecule has 0 saturated carbocycles. The Bertz CT molecular complexity index is 151.